The highest BCUT2D eigenvalue weighted by atomic mass is 32.2. The summed E-state index contributed by atoms with van der Waals surface area (Å²) in [4.78, 5) is 43.9. The summed E-state index contributed by atoms with van der Waals surface area (Å²) in [6.45, 7) is 12.5. The van der Waals surface area contributed by atoms with E-state index in [-0.39, 0.29) is 18.9 Å². The summed E-state index contributed by atoms with van der Waals surface area (Å²) < 4.78 is 30.5. The number of nitrogens with one attached hydrogen (secondary N) is 3. The molecule has 52 heavy (non-hydrogen) atoms. The number of ether oxygens (including phenoxy) is 1. The van der Waals surface area contributed by atoms with Gasteiger partial charge in [0, 0.05) is 24.9 Å². The highest BCUT2D eigenvalue weighted by Crippen LogP contribution is 2.39. The number of rotatable bonds is 14. The van der Waals surface area contributed by atoms with Crippen LogP contribution in [0.2, 0.25) is 0 Å². The van der Waals surface area contributed by atoms with Crippen molar-refractivity contribution in [1.29, 1.82) is 0 Å². The molecule has 2 fully saturated rings. The summed E-state index contributed by atoms with van der Waals surface area (Å²) in [6.07, 6.45) is 5.27. The first-order valence-electron chi connectivity index (χ1n) is 18.5. The van der Waals surface area contributed by atoms with Crippen molar-refractivity contribution in [1.82, 2.24) is 20.9 Å². The zero-order chi connectivity index (χ0) is 38.5. The van der Waals surface area contributed by atoms with E-state index in [0.29, 0.717) is 30.6 Å². The molecule has 6 atom stereocenters. The van der Waals surface area contributed by atoms with Crippen LogP contribution in [-0.4, -0.2) is 95.6 Å². The molecule has 1 saturated carbocycles. The minimum Gasteiger partial charge on any atom is -0.478 e. The molecule has 2 unspecified atom stereocenters. The minimum absolute atomic E-state index is 0.0783. The Bertz CT molecular complexity index is 1630. The minimum atomic E-state index is -3.91. The molecule has 2 aromatic rings. The Morgan fingerprint density at radius 1 is 0.885 bits per heavy atom. The van der Waals surface area contributed by atoms with Crippen molar-refractivity contribution in [3.63, 3.8) is 0 Å². The van der Waals surface area contributed by atoms with Gasteiger partial charge in [-0.25, -0.2) is 8.42 Å². The van der Waals surface area contributed by atoms with Gasteiger partial charge in [0.25, 0.3) is 5.91 Å². The molecule has 0 aromatic heterocycles. The monoisotopic (exact) mass is 740 g/mol. The maximum absolute atomic E-state index is 14.4. The SMILES string of the molecule is CC(C)(C)NC(=O)[C@@H]1CC2CCCCC2CN1C[C@@H](O)[C@H](Cc1ccccc1)NC(=O)[C@@H](NC(=O)C(C)(C)Oc1ccccc1)C(C)(C)S(C)(=O)=O. The maximum Gasteiger partial charge on any atom is 0.264 e. The number of hydrogen-bond acceptors (Lipinski definition) is 8. The third kappa shape index (κ3) is 10.8. The van der Waals surface area contributed by atoms with Crippen LogP contribution in [0.25, 0.3) is 0 Å². The number of benzene rings is 2. The van der Waals surface area contributed by atoms with Crippen molar-refractivity contribution in [2.45, 2.75) is 127 Å². The molecule has 288 valence electrons. The normalized spacial score (nSPS) is 21.9. The van der Waals surface area contributed by atoms with Gasteiger partial charge in [-0.2, -0.15) is 0 Å². The second-order valence-corrected chi connectivity index (χ2v) is 19.4. The first-order valence-corrected chi connectivity index (χ1v) is 20.4. The highest BCUT2D eigenvalue weighted by Gasteiger charge is 2.48. The lowest BCUT2D eigenvalue weighted by atomic mass is 9.72. The molecule has 0 bridgehead atoms. The van der Waals surface area contributed by atoms with Crippen molar-refractivity contribution >= 4 is 27.6 Å². The predicted octanol–water partition coefficient (Wildman–Crippen LogP) is 4.04. The van der Waals surface area contributed by atoms with Crippen molar-refractivity contribution < 1.29 is 32.6 Å². The largest absolute Gasteiger partial charge is 0.478 e. The average Bonchev–Trinajstić information content (AvgIpc) is 3.05. The number of β-amino-alcohol motifs (C(OH)–C–C–N with tert-alkyl or cyclic N) is 1. The van der Waals surface area contributed by atoms with E-state index in [9.17, 15) is 27.9 Å². The smallest absolute Gasteiger partial charge is 0.264 e. The van der Waals surface area contributed by atoms with Crippen LogP contribution in [0.5, 0.6) is 5.75 Å². The van der Waals surface area contributed by atoms with Crippen LogP contribution < -0.4 is 20.7 Å². The van der Waals surface area contributed by atoms with Crippen LogP contribution in [0.15, 0.2) is 60.7 Å². The lowest BCUT2D eigenvalue weighted by molar-refractivity contribution is -0.138. The van der Waals surface area contributed by atoms with Gasteiger partial charge < -0.3 is 25.8 Å². The number of carbonyl (C=O) groups excluding carboxylic acids is 3. The Balaban J connectivity index is 1.63. The van der Waals surface area contributed by atoms with Gasteiger partial charge >= 0.3 is 0 Å². The molecule has 1 saturated heterocycles. The Morgan fingerprint density at radius 3 is 2.04 bits per heavy atom. The Labute approximate surface area is 310 Å². The average molecular weight is 741 g/mol. The second-order valence-electron chi connectivity index (χ2n) is 16.8. The van der Waals surface area contributed by atoms with Crippen LogP contribution >= 0.6 is 0 Å². The topological polar surface area (TPSA) is 154 Å². The first-order chi connectivity index (χ1) is 24.2. The number of para-hydroxylation sites is 1. The van der Waals surface area contributed by atoms with Crippen molar-refractivity contribution in [3.05, 3.63) is 66.2 Å². The summed E-state index contributed by atoms with van der Waals surface area (Å²) in [5.41, 5.74) is -1.05. The van der Waals surface area contributed by atoms with Gasteiger partial charge in [0.05, 0.1) is 22.9 Å². The summed E-state index contributed by atoms with van der Waals surface area (Å²) in [7, 11) is -3.91. The maximum atomic E-state index is 14.4. The molecular weight excluding hydrogens is 681 g/mol. The summed E-state index contributed by atoms with van der Waals surface area (Å²) in [5, 5.41) is 20.8. The number of piperidine rings is 1. The molecule has 4 N–H and O–H groups in total. The highest BCUT2D eigenvalue weighted by molar-refractivity contribution is 7.92. The number of amides is 3. The fourth-order valence-corrected chi connectivity index (χ4v) is 7.91. The van der Waals surface area contributed by atoms with Crippen LogP contribution in [0.1, 0.15) is 86.1 Å². The van der Waals surface area contributed by atoms with Gasteiger partial charge in [-0.05, 0) is 97.3 Å². The molecule has 12 heteroatoms. The van der Waals surface area contributed by atoms with Crippen molar-refractivity contribution in [2.24, 2.45) is 11.8 Å². The van der Waals surface area contributed by atoms with E-state index in [4.69, 9.17) is 4.74 Å². The van der Waals surface area contributed by atoms with Crippen LogP contribution in [-0.2, 0) is 30.6 Å². The van der Waals surface area contributed by atoms with Crippen LogP contribution in [0.3, 0.4) is 0 Å². The molecular formula is C40H60N4O7S. The van der Waals surface area contributed by atoms with E-state index in [1.54, 1.807) is 38.1 Å². The summed E-state index contributed by atoms with van der Waals surface area (Å²) in [5.74, 6) is -0.230. The summed E-state index contributed by atoms with van der Waals surface area (Å²) >= 11 is 0. The molecule has 3 amide bonds. The van der Waals surface area contributed by atoms with Gasteiger partial charge in [0.2, 0.25) is 11.8 Å². The molecule has 1 aliphatic heterocycles. The lowest BCUT2D eigenvalue weighted by Crippen LogP contribution is -2.65. The van der Waals surface area contributed by atoms with E-state index < -0.39 is 61.8 Å². The second kappa shape index (κ2) is 16.7. The fraction of sp³-hybridized carbons (Fsp3) is 0.625. The Morgan fingerprint density at radius 2 is 1.46 bits per heavy atom. The molecule has 0 radical (unpaired) electrons. The molecule has 2 aliphatic rings. The van der Waals surface area contributed by atoms with Crippen LogP contribution in [0, 0.1) is 11.8 Å². The zero-order valence-corrected chi connectivity index (χ0v) is 33.0. The quantitative estimate of drug-likeness (QED) is 0.227. The third-order valence-corrected chi connectivity index (χ3v) is 12.8. The molecule has 1 heterocycles. The Kier molecular flexibility index (Phi) is 13.2. The Hall–Kier alpha value is -3.48. The standard InChI is InChI=1S/C40H60N4O7S/c1-38(2,3)43-35(46)32-24-28-19-15-16-20-29(28)25-44(32)26-33(45)31(23-27-17-11-9-12-18-27)41-36(47)34(40(6,7)52(8,49)50)42-37(48)39(4,5)51-30-21-13-10-14-22-30/h9-14,17-18,21-22,28-29,31-34,45H,15-16,19-20,23-26H2,1-8H3,(H,41,47)(H,42,48)(H,43,46)/t28?,29?,31-,32-,33+,34+/m0/s1. The number of fused-ring (bicyclic) bond motifs is 1. The van der Waals surface area contributed by atoms with Gasteiger partial charge in [-0.15, -0.1) is 0 Å². The predicted molar refractivity (Wildman–Crippen MR) is 203 cm³/mol. The number of sulfone groups is 1. The fourth-order valence-electron chi connectivity index (χ4n) is 7.32. The molecule has 0 spiro atoms. The number of carbonyl (C=O) groups is 3. The first kappa shape index (κ1) is 41.3. The molecule has 11 nitrogen and oxygen atoms in total. The number of aliphatic hydroxyl groups is 1. The van der Waals surface area contributed by atoms with Gasteiger partial charge in [0.15, 0.2) is 15.4 Å². The third-order valence-electron chi connectivity index (χ3n) is 10.7. The lowest BCUT2D eigenvalue weighted by Gasteiger charge is -2.47. The van der Waals surface area contributed by atoms with Gasteiger partial charge in [0.1, 0.15) is 11.8 Å². The number of likely N-dealkylation sites (tertiary alicyclic amines) is 1. The van der Waals surface area contributed by atoms with Crippen molar-refractivity contribution in [3.8, 4) is 5.75 Å². The molecule has 1 aliphatic carbocycles. The van der Waals surface area contributed by atoms with E-state index >= 15 is 0 Å². The summed E-state index contributed by atoms with van der Waals surface area (Å²) in [6, 6.07) is 15.3. The van der Waals surface area contributed by atoms with E-state index in [2.05, 4.69) is 20.9 Å². The van der Waals surface area contributed by atoms with Gasteiger partial charge in [-0.1, -0.05) is 67.8 Å². The zero-order valence-electron chi connectivity index (χ0n) is 32.1. The van der Waals surface area contributed by atoms with Gasteiger partial charge in [-0.3, -0.25) is 19.3 Å². The van der Waals surface area contributed by atoms with E-state index in [1.807, 2.05) is 57.2 Å². The van der Waals surface area contributed by atoms with Crippen molar-refractivity contribution in [2.75, 3.05) is 19.3 Å². The number of aliphatic hydroxyl groups excluding tert-OH is 1. The number of hydrogen-bond donors (Lipinski definition) is 4. The molecule has 4 rings (SSSR count). The molecule has 2 aromatic carbocycles. The van der Waals surface area contributed by atoms with Crippen LogP contribution in [0.4, 0.5) is 0 Å². The number of nitrogens with zero attached hydrogens (tertiary/aromatic N) is 1. The van der Waals surface area contributed by atoms with E-state index in [1.165, 1.54) is 13.8 Å². The van der Waals surface area contributed by atoms with E-state index in [0.717, 1.165) is 37.5 Å².